The number of fused-ring (bicyclic) bond motifs is 14. The molecule has 22 rings (SSSR count). The Balaban J connectivity index is 0.894. The molecule has 112 heavy (non-hydrogen) atoms. The molecule has 4 aliphatic rings. The quantitative estimate of drug-likeness (QED) is 0.134. The van der Waals surface area contributed by atoms with Crippen LogP contribution in [0.3, 0.4) is 0 Å². The average molecular weight is 1430 g/mol. The van der Waals surface area contributed by atoms with Crippen LogP contribution in [0.2, 0.25) is 0 Å². The lowest BCUT2D eigenvalue weighted by molar-refractivity contribution is 0.590. The van der Waals surface area contributed by atoms with Crippen molar-refractivity contribution in [3.8, 4) is 50.2 Å². The van der Waals surface area contributed by atoms with Crippen LogP contribution in [0.15, 0.2) is 362 Å². The van der Waals surface area contributed by atoms with Gasteiger partial charge in [0.05, 0.1) is 22.4 Å². The van der Waals surface area contributed by atoms with E-state index in [-0.39, 0.29) is 24.3 Å². The Kier molecular flexibility index (Phi) is 14.6. The van der Waals surface area contributed by atoms with Gasteiger partial charge in [0.25, 0.3) is 13.4 Å². The molecule has 8 heteroatoms. The van der Waals surface area contributed by atoms with Crippen molar-refractivity contribution in [2.24, 2.45) is 0 Å². The second kappa shape index (κ2) is 25.0. The van der Waals surface area contributed by atoms with Crippen molar-refractivity contribution in [3.05, 3.63) is 369 Å². The predicted octanol–water partition coefficient (Wildman–Crippen LogP) is 24.1. The lowest BCUT2D eigenvalue weighted by Crippen LogP contribution is -2.65. The largest absolute Gasteiger partial charge is 0.454 e. The van der Waals surface area contributed by atoms with Crippen LogP contribution in [0.25, 0.3) is 93.9 Å². The normalized spacial score (nSPS) is 13.3. The molecule has 0 amide bonds. The highest BCUT2D eigenvalue weighted by Crippen LogP contribution is 2.55. The van der Waals surface area contributed by atoms with Gasteiger partial charge < -0.3 is 28.6 Å². The lowest BCUT2D eigenvalue weighted by Gasteiger charge is -2.48. The van der Waals surface area contributed by atoms with Crippen LogP contribution >= 0.6 is 0 Å². The fourth-order valence-electron chi connectivity index (χ4n) is 19.0. The third-order valence-electron chi connectivity index (χ3n) is 24.2. The zero-order valence-corrected chi connectivity index (χ0v) is 63.4. The summed E-state index contributed by atoms with van der Waals surface area (Å²) in [4.78, 5) is 10.5. The maximum Gasteiger partial charge on any atom is 0.252 e. The fourth-order valence-corrected chi connectivity index (χ4v) is 19.0. The molecule has 530 valence electrons. The summed E-state index contributed by atoms with van der Waals surface area (Å²) < 4.78 is 9.62. The molecule has 0 unspecified atom stereocenters. The standard InChI is InChI=1S/C104H77B2N5O/c1-103(2,3)72-53-49-66(50-54-72)70-59-94-99-96(61-70)110(90-47-28-42-82-81-39-21-26-48-98(81)112-102(82)90)89-46-25-22-43-83(89)105(99)85-64-86-93(65-92(85)108(94)75-35-17-10-18-36-75)111(101-77(68-29-11-7-12-30-68)40-27-41-78(101)69-31-13-8-14-32-69)97-62-71(67-51-55-73(56-52-67)104(4,5)6)60-95-100(97)106(86)84-58-57-76(63-91(84)107(95)74-33-15-9-16-34-74)109-87-44-23-19-37-79(87)80-38-20-24-45-88(80)109/h7-65H,1-6H3. The molecule has 0 atom stereocenters. The Hall–Kier alpha value is -13.6. The second-order valence-corrected chi connectivity index (χ2v) is 32.7. The predicted molar refractivity (Wildman–Crippen MR) is 475 cm³/mol. The van der Waals surface area contributed by atoms with Gasteiger partial charge >= 0.3 is 0 Å². The van der Waals surface area contributed by atoms with Crippen LogP contribution in [-0.2, 0) is 10.8 Å². The molecule has 0 bridgehead atoms. The highest BCUT2D eigenvalue weighted by atomic mass is 16.3. The van der Waals surface area contributed by atoms with E-state index in [0.29, 0.717) is 0 Å². The highest BCUT2D eigenvalue weighted by molar-refractivity contribution is 7.03. The third kappa shape index (κ3) is 10.1. The Morgan fingerprint density at radius 2 is 0.670 bits per heavy atom. The Bertz CT molecular complexity index is 6750. The molecule has 0 spiro atoms. The topological polar surface area (TPSA) is 31.0 Å². The van der Waals surface area contributed by atoms with Gasteiger partial charge in [-0.3, -0.25) is 0 Å². The Morgan fingerprint density at radius 1 is 0.250 bits per heavy atom. The molecule has 2 aromatic heterocycles. The molecule has 4 aliphatic heterocycles. The van der Waals surface area contributed by atoms with Crippen LogP contribution < -0.4 is 52.4 Å². The van der Waals surface area contributed by atoms with Crippen LogP contribution in [0.5, 0.6) is 0 Å². The molecule has 0 aliphatic carbocycles. The maximum absolute atomic E-state index is 7.14. The molecule has 0 saturated carbocycles. The van der Waals surface area contributed by atoms with Gasteiger partial charge in [-0.1, -0.05) is 302 Å². The first kappa shape index (κ1) is 65.5. The van der Waals surface area contributed by atoms with Gasteiger partial charge in [0.1, 0.15) is 5.58 Å². The van der Waals surface area contributed by atoms with Crippen LogP contribution in [-0.4, -0.2) is 18.0 Å². The molecule has 18 aromatic rings. The number of rotatable bonds is 9. The molecule has 6 nitrogen and oxygen atoms in total. The molecular weight excluding hydrogens is 1360 g/mol. The van der Waals surface area contributed by atoms with E-state index < -0.39 is 0 Å². The summed E-state index contributed by atoms with van der Waals surface area (Å²) in [6.07, 6.45) is 0. The summed E-state index contributed by atoms with van der Waals surface area (Å²) in [5.41, 5.74) is 37.2. The number of hydrogen-bond donors (Lipinski definition) is 0. The van der Waals surface area contributed by atoms with Gasteiger partial charge in [0.2, 0.25) is 0 Å². The first-order valence-electron chi connectivity index (χ1n) is 39.3. The Labute approximate surface area is 654 Å². The number of anilines is 12. The van der Waals surface area contributed by atoms with E-state index in [1.807, 2.05) is 0 Å². The zero-order chi connectivity index (χ0) is 74.8. The summed E-state index contributed by atoms with van der Waals surface area (Å²) >= 11 is 0. The molecule has 16 aromatic carbocycles. The number of para-hydroxylation sites is 8. The lowest BCUT2D eigenvalue weighted by atomic mass is 9.30. The molecular formula is C104H77B2N5O. The number of nitrogens with zero attached hydrogens (tertiary/aromatic N) is 5. The molecule has 6 heterocycles. The van der Waals surface area contributed by atoms with E-state index in [1.165, 1.54) is 65.7 Å². The van der Waals surface area contributed by atoms with Gasteiger partial charge in [0, 0.05) is 95.2 Å². The van der Waals surface area contributed by atoms with Gasteiger partial charge in [-0.2, -0.15) is 0 Å². The van der Waals surface area contributed by atoms with Crippen LogP contribution in [0, 0.1) is 0 Å². The minimum Gasteiger partial charge on any atom is -0.454 e. The van der Waals surface area contributed by atoms with Crippen molar-refractivity contribution >= 4 is 158 Å². The van der Waals surface area contributed by atoms with Crippen molar-refractivity contribution in [3.63, 3.8) is 0 Å². The molecule has 0 saturated heterocycles. The van der Waals surface area contributed by atoms with Crippen LogP contribution in [0.4, 0.5) is 68.2 Å². The zero-order valence-electron chi connectivity index (χ0n) is 63.4. The fraction of sp³-hybridized carbons (Fsp3) is 0.0769. The average Bonchev–Trinajstić information content (AvgIpc) is 0.720. The van der Waals surface area contributed by atoms with Crippen molar-refractivity contribution < 1.29 is 4.42 Å². The summed E-state index contributed by atoms with van der Waals surface area (Å²) in [7, 11) is 0. The highest BCUT2D eigenvalue weighted by Gasteiger charge is 2.50. The molecule has 0 N–H and O–H groups in total. The smallest absolute Gasteiger partial charge is 0.252 e. The maximum atomic E-state index is 7.14. The summed E-state index contributed by atoms with van der Waals surface area (Å²) in [6.45, 7) is 13.3. The van der Waals surface area contributed by atoms with Crippen LogP contribution in [0.1, 0.15) is 52.7 Å². The monoisotopic (exact) mass is 1430 g/mol. The van der Waals surface area contributed by atoms with E-state index in [2.05, 4.69) is 424 Å². The van der Waals surface area contributed by atoms with E-state index >= 15 is 0 Å². The van der Waals surface area contributed by atoms with Gasteiger partial charge in [-0.25, -0.2) is 0 Å². The molecule has 0 radical (unpaired) electrons. The van der Waals surface area contributed by atoms with Crippen molar-refractivity contribution in [2.75, 3.05) is 19.6 Å². The number of aromatic nitrogens is 1. The van der Waals surface area contributed by atoms with E-state index in [4.69, 9.17) is 4.42 Å². The van der Waals surface area contributed by atoms with Gasteiger partial charge in [0.15, 0.2) is 5.58 Å². The minimum atomic E-state index is -0.296. The number of hydrogen-bond acceptors (Lipinski definition) is 5. The third-order valence-corrected chi connectivity index (χ3v) is 24.2. The summed E-state index contributed by atoms with van der Waals surface area (Å²) in [5, 5.41) is 4.63. The van der Waals surface area contributed by atoms with E-state index in [1.54, 1.807) is 0 Å². The van der Waals surface area contributed by atoms with Gasteiger partial charge in [-0.15, -0.1) is 0 Å². The minimum absolute atomic E-state index is 0.0393. The first-order chi connectivity index (χ1) is 54.9. The Morgan fingerprint density at radius 3 is 1.21 bits per heavy atom. The van der Waals surface area contributed by atoms with Crippen molar-refractivity contribution in [2.45, 2.75) is 52.4 Å². The van der Waals surface area contributed by atoms with E-state index in [9.17, 15) is 0 Å². The van der Waals surface area contributed by atoms with E-state index in [0.717, 1.165) is 140 Å². The first-order valence-corrected chi connectivity index (χ1v) is 39.3. The summed E-state index contributed by atoms with van der Waals surface area (Å²) in [5.74, 6) is 0. The second-order valence-electron chi connectivity index (χ2n) is 32.7. The SMILES string of the molecule is CC(C)(C)c1ccc(-c2cc3c4c(c2)N(c2c(-c5ccccc5)cccc2-c2ccccc2)c2cc5c(cc2B4c2ccc(-n4c6ccccc6c6ccccc64)cc2N3c2ccccc2)B2c3ccccc3N(c3cccc4c3oc3ccccc34)c3cc(-c4ccc(C(C)(C)C)cc4)cc(c32)N5c2ccccc2)cc1. The van der Waals surface area contributed by atoms with Crippen molar-refractivity contribution in [1.82, 2.24) is 4.57 Å². The number of benzene rings is 16. The molecule has 0 fully saturated rings. The van der Waals surface area contributed by atoms with Crippen molar-refractivity contribution in [1.29, 1.82) is 0 Å². The van der Waals surface area contributed by atoms with Gasteiger partial charge in [-0.05, 0) is 185 Å². The number of furan rings is 1. The summed E-state index contributed by atoms with van der Waals surface area (Å²) in [6, 6.07) is 135.